The van der Waals surface area contributed by atoms with Crippen LogP contribution in [0.25, 0.3) is 5.70 Å². The van der Waals surface area contributed by atoms with Gasteiger partial charge in [0.15, 0.2) is 0 Å². The third-order valence-corrected chi connectivity index (χ3v) is 5.31. The molecule has 1 aliphatic carbocycles. The topological polar surface area (TPSA) is 88.1 Å². The minimum atomic E-state index is -0.699. The molecule has 1 aromatic carbocycles. The molecule has 0 saturated carbocycles. The third-order valence-electron chi connectivity index (χ3n) is 5.31. The maximum Gasteiger partial charge on any atom is 0.249 e. The lowest BCUT2D eigenvalue weighted by Crippen LogP contribution is -2.35. The van der Waals surface area contributed by atoms with Crippen LogP contribution in [0.5, 0.6) is 0 Å². The van der Waals surface area contributed by atoms with E-state index in [-0.39, 0.29) is 22.7 Å². The highest BCUT2D eigenvalue weighted by molar-refractivity contribution is 5.66. The van der Waals surface area contributed by atoms with Crippen LogP contribution in [-0.4, -0.2) is 18.1 Å². The summed E-state index contributed by atoms with van der Waals surface area (Å²) in [5.41, 5.74) is 13.6. The average Bonchev–Trinajstić information content (AvgIpc) is 2.88. The van der Waals surface area contributed by atoms with Gasteiger partial charge >= 0.3 is 0 Å². The molecular formula is C28H40F2N4O. The average molecular weight is 487 g/mol. The van der Waals surface area contributed by atoms with Gasteiger partial charge in [-0.05, 0) is 56.0 Å². The number of hydrogen-bond acceptors (Lipinski definition) is 4. The number of nitrogens with one attached hydrogen (secondary N) is 1. The number of rotatable bonds is 6. The number of aromatic nitrogens is 1. The Morgan fingerprint density at radius 3 is 2.23 bits per heavy atom. The fraction of sp³-hybridized carbons (Fsp3) is 0.393. The highest BCUT2D eigenvalue weighted by Gasteiger charge is 2.23. The SMILES string of the molecule is C#C.CC.CC.CCN(CC1CCCC(/C=C(\N)c2c(F)cccc2F)=C1N)c1cccc(=O)[nH]1. The lowest BCUT2D eigenvalue weighted by Gasteiger charge is -2.31. The van der Waals surface area contributed by atoms with Crippen LogP contribution in [0, 0.1) is 30.4 Å². The van der Waals surface area contributed by atoms with Gasteiger partial charge in [-0.3, -0.25) is 4.79 Å². The molecule has 5 nitrogen and oxygen atoms in total. The van der Waals surface area contributed by atoms with Gasteiger partial charge in [-0.25, -0.2) is 8.78 Å². The van der Waals surface area contributed by atoms with Gasteiger partial charge in [0.25, 0.3) is 0 Å². The molecule has 0 radical (unpaired) electrons. The van der Waals surface area contributed by atoms with Crippen LogP contribution in [0.15, 0.2) is 58.5 Å². The van der Waals surface area contributed by atoms with E-state index in [1.54, 1.807) is 12.1 Å². The minimum absolute atomic E-state index is 0.0268. The summed E-state index contributed by atoms with van der Waals surface area (Å²) in [6.45, 7) is 11.3. The first-order valence-corrected chi connectivity index (χ1v) is 12.1. The van der Waals surface area contributed by atoms with Crippen molar-refractivity contribution in [3.63, 3.8) is 0 Å². The minimum Gasteiger partial charge on any atom is -0.402 e. The Kier molecular flexibility index (Phi) is 15.3. The monoisotopic (exact) mass is 486 g/mol. The summed E-state index contributed by atoms with van der Waals surface area (Å²) >= 11 is 0. The summed E-state index contributed by atoms with van der Waals surface area (Å²) in [7, 11) is 0. The van der Waals surface area contributed by atoms with Crippen molar-refractivity contribution in [1.29, 1.82) is 0 Å². The Balaban J connectivity index is 0.00000179. The molecule has 1 heterocycles. The van der Waals surface area contributed by atoms with E-state index in [1.165, 1.54) is 24.3 Å². The summed E-state index contributed by atoms with van der Waals surface area (Å²) in [5.74, 6) is -0.605. The van der Waals surface area contributed by atoms with Gasteiger partial charge in [-0.2, -0.15) is 0 Å². The highest BCUT2D eigenvalue weighted by atomic mass is 19.1. The smallest absolute Gasteiger partial charge is 0.249 e. The van der Waals surface area contributed by atoms with Crippen LogP contribution in [-0.2, 0) is 0 Å². The lowest BCUT2D eigenvalue weighted by atomic mass is 9.86. The molecular weight excluding hydrogens is 446 g/mol. The normalized spacial score (nSPS) is 14.9. The fourth-order valence-corrected chi connectivity index (χ4v) is 3.76. The number of hydrogen-bond donors (Lipinski definition) is 3. The quantitative estimate of drug-likeness (QED) is 0.451. The van der Waals surface area contributed by atoms with Gasteiger partial charge in [-0.1, -0.05) is 39.8 Å². The second kappa shape index (κ2) is 17.0. The van der Waals surface area contributed by atoms with Crippen molar-refractivity contribution >= 4 is 11.5 Å². The zero-order chi connectivity index (χ0) is 27.0. The van der Waals surface area contributed by atoms with Gasteiger partial charge in [-0.15, -0.1) is 12.8 Å². The summed E-state index contributed by atoms with van der Waals surface area (Å²) < 4.78 is 28.0. The fourth-order valence-electron chi connectivity index (χ4n) is 3.76. The summed E-state index contributed by atoms with van der Waals surface area (Å²) in [5, 5.41) is 0. The molecule has 0 fully saturated rings. The maximum absolute atomic E-state index is 14.0. The van der Waals surface area contributed by atoms with Crippen LogP contribution in [0.2, 0.25) is 0 Å². The zero-order valence-corrected chi connectivity index (χ0v) is 21.6. The predicted octanol–water partition coefficient (Wildman–Crippen LogP) is 5.79. The highest BCUT2D eigenvalue weighted by Crippen LogP contribution is 2.31. The molecule has 0 bridgehead atoms. The van der Waals surface area contributed by atoms with Crippen LogP contribution >= 0.6 is 0 Å². The molecule has 5 N–H and O–H groups in total. The number of benzene rings is 1. The molecule has 1 aromatic heterocycles. The van der Waals surface area contributed by atoms with E-state index in [4.69, 9.17) is 11.5 Å². The van der Waals surface area contributed by atoms with Crippen molar-refractivity contribution in [2.24, 2.45) is 17.4 Å². The predicted molar refractivity (Wildman–Crippen MR) is 145 cm³/mol. The maximum atomic E-state index is 14.0. The van der Waals surface area contributed by atoms with Crippen LogP contribution in [0.3, 0.4) is 0 Å². The number of nitrogens with two attached hydrogens (primary N) is 2. The molecule has 1 unspecified atom stereocenters. The molecule has 0 spiro atoms. The van der Waals surface area contributed by atoms with Gasteiger partial charge in [0.2, 0.25) is 5.56 Å². The molecule has 0 aliphatic heterocycles. The van der Waals surface area contributed by atoms with Gasteiger partial charge in [0, 0.05) is 36.5 Å². The molecule has 1 atom stereocenters. The Bertz CT molecular complexity index is 1020. The van der Waals surface area contributed by atoms with Crippen LogP contribution in [0.1, 0.15) is 59.4 Å². The van der Waals surface area contributed by atoms with E-state index in [0.717, 1.165) is 24.2 Å². The number of terminal acetylenes is 1. The van der Waals surface area contributed by atoms with E-state index < -0.39 is 11.6 Å². The molecule has 0 amide bonds. The van der Waals surface area contributed by atoms with Crippen molar-refractivity contribution in [2.75, 3.05) is 18.0 Å². The van der Waals surface area contributed by atoms with Gasteiger partial charge in [0.1, 0.15) is 17.5 Å². The lowest BCUT2D eigenvalue weighted by molar-refractivity contribution is 0.489. The van der Waals surface area contributed by atoms with E-state index in [9.17, 15) is 13.6 Å². The summed E-state index contributed by atoms with van der Waals surface area (Å²) in [6.07, 6.45) is 12.1. The summed E-state index contributed by atoms with van der Waals surface area (Å²) in [6, 6.07) is 8.71. The van der Waals surface area contributed by atoms with Crippen molar-refractivity contribution in [3.05, 3.63) is 81.3 Å². The molecule has 3 rings (SSSR count). The molecule has 192 valence electrons. The molecule has 35 heavy (non-hydrogen) atoms. The van der Waals surface area contributed by atoms with Gasteiger partial charge < -0.3 is 21.4 Å². The standard InChI is InChI=1S/C22H26F2N4O.2C2H6.C2H2/c1-2-28(19-10-5-11-20(29)27-19)13-15-7-3-6-14(22(15)26)12-18(25)21-16(23)8-4-9-17(21)24;3*1-2/h4-5,8-12,15H,2-3,6-7,13,25-26H2,1H3,(H,27,29);2*1-2H3;1-2H/b18-12-;;;. The van der Waals surface area contributed by atoms with Crippen molar-refractivity contribution in [3.8, 4) is 12.8 Å². The van der Waals surface area contributed by atoms with E-state index in [0.29, 0.717) is 25.2 Å². The Morgan fingerprint density at radius 2 is 1.69 bits per heavy atom. The van der Waals surface area contributed by atoms with Crippen LogP contribution in [0.4, 0.5) is 14.6 Å². The number of nitrogens with zero attached hydrogens (tertiary/aromatic N) is 1. The number of pyridine rings is 1. The zero-order valence-electron chi connectivity index (χ0n) is 21.6. The number of H-pyrrole nitrogens is 1. The number of anilines is 1. The molecule has 2 aromatic rings. The van der Waals surface area contributed by atoms with E-state index in [2.05, 4.69) is 22.7 Å². The second-order valence-corrected chi connectivity index (χ2v) is 7.20. The first-order chi connectivity index (χ1) is 16.9. The van der Waals surface area contributed by atoms with Crippen molar-refractivity contribution in [1.82, 2.24) is 4.98 Å². The van der Waals surface area contributed by atoms with E-state index in [1.807, 2.05) is 40.7 Å². The second-order valence-electron chi connectivity index (χ2n) is 7.20. The first kappa shape index (κ1) is 31.5. The summed E-state index contributed by atoms with van der Waals surface area (Å²) in [4.78, 5) is 16.5. The Morgan fingerprint density at radius 1 is 1.11 bits per heavy atom. The van der Waals surface area contributed by atoms with E-state index >= 15 is 0 Å². The molecule has 7 heteroatoms. The largest absolute Gasteiger partial charge is 0.402 e. The Hall–Kier alpha value is -3.53. The molecule has 0 saturated heterocycles. The number of aromatic amines is 1. The van der Waals surface area contributed by atoms with Crippen LogP contribution < -0.4 is 21.9 Å². The Labute approximate surface area is 208 Å². The first-order valence-electron chi connectivity index (χ1n) is 12.1. The van der Waals surface area contributed by atoms with Crippen molar-refractivity contribution < 1.29 is 8.78 Å². The molecule has 1 aliphatic rings. The number of halogens is 2. The van der Waals surface area contributed by atoms with Gasteiger partial charge in [0.05, 0.1) is 5.56 Å². The van der Waals surface area contributed by atoms with Crippen molar-refractivity contribution in [2.45, 2.75) is 53.9 Å². The number of allylic oxidation sites excluding steroid dienone is 2. The third kappa shape index (κ3) is 8.97.